The number of anilines is 3. The van der Waals surface area contributed by atoms with Crippen LogP contribution in [0.3, 0.4) is 0 Å². The lowest BCUT2D eigenvalue weighted by atomic mass is 9.82. The van der Waals surface area contributed by atoms with Crippen molar-refractivity contribution < 1.29 is 0 Å². The van der Waals surface area contributed by atoms with E-state index in [0.29, 0.717) is 0 Å². The van der Waals surface area contributed by atoms with Crippen LogP contribution in [0.2, 0.25) is 0 Å². The largest absolute Gasteiger partial charge is 0.310 e. The Bertz CT molecular complexity index is 2780. The highest BCUT2D eigenvalue weighted by atomic mass is 15.1. The standard InChI is InChI=1S/C49H36N2/c1-49(2)44-23-10-8-21-40(44)41-28-27-38(32-45(41)49)50(46-25-13-15-33-14-6-7-20-39(33)46)37-19-12-16-34(30-37)35-26-29-48-43(31-35)42-22-9-11-24-47(42)51(48)36-17-4-3-5-18-36/h3-32H,1-2H3. The molecule has 10 rings (SSSR count). The number of aromatic nitrogens is 1. The minimum Gasteiger partial charge on any atom is -0.310 e. The molecule has 0 bridgehead atoms. The Kier molecular flexibility index (Phi) is 6.56. The third-order valence-corrected chi connectivity index (χ3v) is 11.0. The predicted octanol–water partition coefficient (Wildman–Crippen LogP) is 13.4. The van der Waals surface area contributed by atoms with E-state index in [1.807, 2.05) is 0 Å². The Morgan fingerprint density at radius 3 is 2.00 bits per heavy atom. The number of rotatable bonds is 5. The number of hydrogen-bond donors (Lipinski definition) is 0. The van der Waals surface area contributed by atoms with Crippen LogP contribution < -0.4 is 4.90 Å². The van der Waals surface area contributed by atoms with Gasteiger partial charge in [-0.05, 0) is 99.4 Å². The number of hydrogen-bond acceptors (Lipinski definition) is 1. The molecule has 2 heteroatoms. The highest BCUT2D eigenvalue weighted by Crippen LogP contribution is 2.51. The van der Waals surface area contributed by atoms with Gasteiger partial charge >= 0.3 is 0 Å². The number of nitrogens with zero attached hydrogens (tertiary/aromatic N) is 2. The summed E-state index contributed by atoms with van der Waals surface area (Å²) < 4.78 is 2.38. The van der Waals surface area contributed by atoms with E-state index in [-0.39, 0.29) is 5.41 Å². The third kappa shape index (κ3) is 4.57. The summed E-state index contributed by atoms with van der Waals surface area (Å²) in [5.41, 5.74) is 14.8. The Hall–Kier alpha value is -6.38. The van der Waals surface area contributed by atoms with Crippen LogP contribution in [0.5, 0.6) is 0 Å². The van der Waals surface area contributed by atoms with Gasteiger partial charge in [-0.3, -0.25) is 0 Å². The minimum atomic E-state index is -0.0947. The molecule has 0 aliphatic heterocycles. The lowest BCUT2D eigenvalue weighted by Gasteiger charge is -2.29. The molecular weight excluding hydrogens is 617 g/mol. The Morgan fingerprint density at radius 1 is 0.431 bits per heavy atom. The van der Waals surface area contributed by atoms with Crippen LogP contribution in [-0.2, 0) is 5.41 Å². The summed E-state index contributed by atoms with van der Waals surface area (Å²) in [6, 6.07) is 66.7. The van der Waals surface area contributed by atoms with Crippen LogP contribution in [0.15, 0.2) is 182 Å². The SMILES string of the molecule is CC1(C)c2ccccc2-c2ccc(N(c3cccc(-c4ccc5c(c4)c4ccccc4n5-c4ccccc4)c3)c3cccc4ccccc34)cc21. The predicted molar refractivity (Wildman–Crippen MR) is 216 cm³/mol. The molecule has 1 heterocycles. The molecule has 0 spiro atoms. The lowest BCUT2D eigenvalue weighted by Crippen LogP contribution is -2.16. The zero-order valence-corrected chi connectivity index (χ0v) is 28.7. The Morgan fingerprint density at radius 2 is 1.10 bits per heavy atom. The van der Waals surface area contributed by atoms with Crippen LogP contribution in [0, 0.1) is 0 Å². The second kappa shape index (κ2) is 11.3. The molecule has 0 saturated carbocycles. The van der Waals surface area contributed by atoms with E-state index in [9.17, 15) is 0 Å². The van der Waals surface area contributed by atoms with Crippen LogP contribution in [0.25, 0.3) is 60.5 Å². The molecule has 0 N–H and O–H groups in total. The first-order valence-corrected chi connectivity index (χ1v) is 17.8. The fourth-order valence-electron chi connectivity index (χ4n) is 8.49. The second-order valence-corrected chi connectivity index (χ2v) is 14.2. The van der Waals surface area contributed by atoms with Gasteiger partial charge in [-0.15, -0.1) is 0 Å². The van der Waals surface area contributed by atoms with Crippen molar-refractivity contribution in [3.63, 3.8) is 0 Å². The van der Waals surface area contributed by atoms with Gasteiger partial charge in [0.25, 0.3) is 0 Å². The summed E-state index contributed by atoms with van der Waals surface area (Å²) in [7, 11) is 0. The zero-order chi connectivity index (χ0) is 34.1. The van der Waals surface area contributed by atoms with E-state index in [4.69, 9.17) is 0 Å². The number of fused-ring (bicyclic) bond motifs is 7. The van der Waals surface area contributed by atoms with Crippen molar-refractivity contribution in [3.05, 3.63) is 193 Å². The third-order valence-electron chi connectivity index (χ3n) is 11.0. The smallest absolute Gasteiger partial charge is 0.0541 e. The molecule has 0 fully saturated rings. The zero-order valence-electron chi connectivity index (χ0n) is 28.7. The Balaban J connectivity index is 1.16. The summed E-state index contributed by atoms with van der Waals surface area (Å²) in [4.78, 5) is 2.45. The minimum absolute atomic E-state index is 0.0947. The van der Waals surface area contributed by atoms with Gasteiger partial charge in [0.15, 0.2) is 0 Å². The van der Waals surface area contributed by atoms with Gasteiger partial charge < -0.3 is 9.47 Å². The van der Waals surface area contributed by atoms with Crippen molar-refractivity contribution in [2.24, 2.45) is 0 Å². The molecular formula is C49H36N2. The average Bonchev–Trinajstić information content (AvgIpc) is 3.63. The van der Waals surface area contributed by atoms with Crippen molar-refractivity contribution >= 4 is 49.6 Å². The maximum absolute atomic E-state index is 2.45. The second-order valence-electron chi connectivity index (χ2n) is 14.2. The van der Waals surface area contributed by atoms with Crippen molar-refractivity contribution in [1.82, 2.24) is 4.57 Å². The molecule has 1 aromatic heterocycles. The molecule has 0 atom stereocenters. The van der Waals surface area contributed by atoms with E-state index >= 15 is 0 Å². The van der Waals surface area contributed by atoms with E-state index in [1.54, 1.807) is 0 Å². The van der Waals surface area contributed by atoms with Gasteiger partial charge in [0, 0.05) is 38.6 Å². The number of benzene rings is 8. The van der Waals surface area contributed by atoms with E-state index in [1.165, 1.54) is 77.3 Å². The van der Waals surface area contributed by atoms with Gasteiger partial charge in [-0.2, -0.15) is 0 Å². The summed E-state index contributed by atoms with van der Waals surface area (Å²) in [5.74, 6) is 0. The van der Waals surface area contributed by atoms with E-state index in [2.05, 4.69) is 205 Å². The Labute approximate surface area is 298 Å². The molecule has 0 unspecified atom stereocenters. The van der Waals surface area contributed by atoms with E-state index < -0.39 is 0 Å². The van der Waals surface area contributed by atoms with Crippen molar-refractivity contribution in [1.29, 1.82) is 0 Å². The molecule has 2 nitrogen and oxygen atoms in total. The van der Waals surface area contributed by atoms with Crippen LogP contribution in [-0.4, -0.2) is 4.57 Å². The summed E-state index contributed by atoms with van der Waals surface area (Å²) >= 11 is 0. The summed E-state index contributed by atoms with van der Waals surface area (Å²) in [6.07, 6.45) is 0. The molecule has 51 heavy (non-hydrogen) atoms. The van der Waals surface area contributed by atoms with Crippen molar-refractivity contribution in [2.45, 2.75) is 19.3 Å². The highest BCUT2D eigenvalue weighted by Gasteiger charge is 2.35. The molecule has 0 radical (unpaired) electrons. The molecule has 242 valence electrons. The van der Waals surface area contributed by atoms with Gasteiger partial charge in [0.05, 0.1) is 16.7 Å². The quantitative estimate of drug-likeness (QED) is 0.180. The molecule has 0 amide bonds. The fraction of sp³-hybridized carbons (Fsp3) is 0.0612. The van der Waals surface area contributed by atoms with Crippen LogP contribution in [0.1, 0.15) is 25.0 Å². The average molecular weight is 653 g/mol. The fourth-order valence-corrected chi connectivity index (χ4v) is 8.49. The summed E-state index contributed by atoms with van der Waals surface area (Å²) in [5, 5.41) is 4.96. The first-order valence-electron chi connectivity index (χ1n) is 17.8. The molecule has 1 aliphatic carbocycles. The normalized spacial score (nSPS) is 13.1. The topological polar surface area (TPSA) is 8.17 Å². The van der Waals surface area contributed by atoms with Gasteiger partial charge in [0.2, 0.25) is 0 Å². The molecule has 0 saturated heterocycles. The maximum Gasteiger partial charge on any atom is 0.0541 e. The number of para-hydroxylation sites is 2. The molecule has 8 aromatic carbocycles. The van der Waals surface area contributed by atoms with Gasteiger partial charge in [-0.25, -0.2) is 0 Å². The first-order chi connectivity index (χ1) is 25.1. The maximum atomic E-state index is 2.45. The lowest BCUT2D eigenvalue weighted by molar-refractivity contribution is 0.660. The van der Waals surface area contributed by atoms with Crippen LogP contribution >= 0.6 is 0 Å². The van der Waals surface area contributed by atoms with Gasteiger partial charge in [0.1, 0.15) is 0 Å². The molecule has 1 aliphatic rings. The van der Waals surface area contributed by atoms with Crippen molar-refractivity contribution in [2.75, 3.05) is 4.90 Å². The monoisotopic (exact) mass is 652 g/mol. The molecule has 9 aromatic rings. The highest BCUT2D eigenvalue weighted by molar-refractivity contribution is 6.10. The van der Waals surface area contributed by atoms with Gasteiger partial charge in [-0.1, -0.05) is 135 Å². The van der Waals surface area contributed by atoms with Crippen molar-refractivity contribution in [3.8, 4) is 27.9 Å². The van der Waals surface area contributed by atoms with Crippen LogP contribution in [0.4, 0.5) is 17.1 Å². The summed E-state index contributed by atoms with van der Waals surface area (Å²) in [6.45, 7) is 4.71. The van der Waals surface area contributed by atoms with E-state index in [0.717, 1.165) is 11.4 Å². The first kappa shape index (κ1) is 29.5.